The van der Waals surface area contributed by atoms with Gasteiger partial charge in [-0.15, -0.1) is 0 Å². The molecule has 0 aliphatic carbocycles. The third kappa shape index (κ3) is 0.956. The Kier molecular flexibility index (Phi) is 1.66. The van der Waals surface area contributed by atoms with Gasteiger partial charge in [-0.1, -0.05) is 6.92 Å². The van der Waals surface area contributed by atoms with Crippen molar-refractivity contribution in [3.8, 4) is 0 Å². The van der Waals surface area contributed by atoms with E-state index < -0.39 is 0 Å². The zero-order chi connectivity index (χ0) is 6.97. The van der Waals surface area contributed by atoms with Gasteiger partial charge in [-0.3, -0.25) is 4.90 Å². The van der Waals surface area contributed by atoms with Gasteiger partial charge in [0.05, 0.1) is 6.10 Å². The fourth-order valence-corrected chi connectivity index (χ4v) is 1.99. The highest BCUT2D eigenvalue weighted by atomic mass is 16.5. The molecule has 0 aromatic carbocycles. The van der Waals surface area contributed by atoms with Crippen LogP contribution in [0.2, 0.25) is 0 Å². The molecule has 0 aromatic rings. The fourth-order valence-electron chi connectivity index (χ4n) is 1.99. The van der Waals surface area contributed by atoms with Crippen molar-refractivity contribution in [1.82, 2.24) is 4.90 Å². The fraction of sp³-hybridized carbons (Fsp3) is 1.00. The van der Waals surface area contributed by atoms with Crippen molar-refractivity contribution in [2.45, 2.75) is 38.5 Å². The maximum Gasteiger partial charge on any atom is 0.111 e. The first-order chi connectivity index (χ1) is 4.90. The number of fused-ring (bicyclic) bond motifs is 2. The van der Waals surface area contributed by atoms with Crippen molar-refractivity contribution in [3.05, 3.63) is 0 Å². The summed E-state index contributed by atoms with van der Waals surface area (Å²) in [6.45, 7) is 4.55. The molecule has 2 rings (SSSR count). The summed E-state index contributed by atoms with van der Waals surface area (Å²) in [5, 5.41) is 0. The molecule has 2 saturated heterocycles. The van der Waals surface area contributed by atoms with Crippen LogP contribution in [0.3, 0.4) is 0 Å². The van der Waals surface area contributed by atoms with Crippen LogP contribution in [-0.2, 0) is 4.74 Å². The van der Waals surface area contributed by atoms with Crippen molar-refractivity contribution in [2.24, 2.45) is 0 Å². The third-order valence-electron chi connectivity index (χ3n) is 2.58. The van der Waals surface area contributed by atoms with E-state index in [1.807, 2.05) is 0 Å². The van der Waals surface area contributed by atoms with E-state index >= 15 is 0 Å². The Morgan fingerprint density at radius 1 is 1.50 bits per heavy atom. The summed E-state index contributed by atoms with van der Waals surface area (Å²) in [6, 6.07) is 0. The van der Waals surface area contributed by atoms with Crippen LogP contribution >= 0.6 is 0 Å². The predicted molar refractivity (Wildman–Crippen MR) is 39.8 cm³/mol. The number of hydrogen-bond acceptors (Lipinski definition) is 2. The summed E-state index contributed by atoms with van der Waals surface area (Å²) >= 11 is 0. The topological polar surface area (TPSA) is 12.5 Å². The number of likely N-dealkylation sites (tertiary alicyclic amines) is 1. The second-order valence-corrected chi connectivity index (χ2v) is 3.23. The lowest BCUT2D eigenvalue weighted by molar-refractivity contribution is -0.0319. The molecule has 0 saturated carbocycles. The molecular formula is C8H15NO. The molecule has 2 unspecified atom stereocenters. The maximum absolute atomic E-state index is 5.73. The Morgan fingerprint density at radius 2 is 2.40 bits per heavy atom. The van der Waals surface area contributed by atoms with Crippen LogP contribution in [0.5, 0.6) is 0 Å². The zero-order valence-corrected chi connectivity index (χ0v) is 6.55. The second-order valence-electron chi connectivity index (χ2n) is 3.23. The molecule has 2 aliphatic rings. The van der Waals surface area contributed by atoms with Gasteiger partial charge >= 0.3 is 0 Å². The van der Waals surface area contributed by atoms with Crippen LogP contribution in [0.4, 0.5) is 0 Å². The smallest absolute Gasteiger partial charge is 0.111 e. The van der Waals surface area contributed by atoms with Crippen molar-refractivity contribution in [1.29, 1.82) is 0 Å². The number of rotatable bonds is 1. The second kappa shape index (κ2) is 2.51. The van der Waals surface area contributed by atoms with Crippen molar-refractivity contribution in [3.63, 3.8) is 0 Å². The molecule has 2 nitrogen and oxygen atoms in total. The Balaban J connectivity index is 2.01. The van der Waals surface area contributed by atoms with E-state index in [4.69, 9.17) is 4.74 Å². The van der Waals surface area contributed by atoms with Crippen LogP contribution in [0.25, 0.3) is 0 Å². The lowest BCUT2D eigenvalue weighted by atomic mass is 10.1. The van der Waals surface area contributed by atoms with E-state index in [0.29, 0.717) is 12.3 Å². The maximum atomic E-state index is 5.73. The number of likely N-dealkylation sites (N-methyl/N-ethyl adjacent to an activating group) is 1. The molecular weight excluding hydrogens is 126 g/mol. The van der Waals surface area contributed by atoms with Gasteiger partial charge < -0.3 is 4.74 Å². The van der Waals surface area contributed by atoms with E-state index in [9.17, 15) is 0 Å². The highest BCUT2D eigenvalue weighted by molar-refractivity contribution is 4.81. The molecule has 2 bridgehead atoms. The van der Waals surface area contributed by atoms with E-state index in [0.717, 1.165) is 6.54 Å². The molecule has 2 heterocycles. The molecule has 58 valence electrons. The zero-order valence-electron chi connectivity index (χ0n) is 6.55. The summed E-state index contributed by atoms with van der Waals surface area (Å²) in [6.07, 6.45) is 4.95. The average Bonchev–Trinajstić information content (AvgIpc) is 2.26. The molecule has 0 radical (unpaired) electrons. The summed E-state index contributed by atoms with van der Waals surface area (Å²) in [5.74, 6) is 0. The molecule has 2 aliphatic heterocycles. The summed E-state index contributed by atoms with van der Waals surface area (Å²) < 4.78 is 5.73. The molecule has 0 aromatic heterocycles. The summed E-state index contributed by atoms with van der Waals surface area (Å²) in [5.41, 5.74) is 0. The van der Waals surface area contributed by atoms with Crippen molar-refractivity contribution < 1.29 is 4.74 Å². The SMILES string of the molecule is CCN1CC2CCCC1O2. The van der Waals surface area contributed by atoms with Crippen LogP contribution in [0, 0.1) is 0 Å². The largest absolute Gasteiger partial charge is 0.359 e. The summed E-state index contributed by atoms with van der Waals surface area (Å²) in [7, 11) is 0. The number of ether oxygens (including phenoxy) is 1. The monoisotopic (exact) mass is 141 g/mol. The predicted octanol–water partition coefficient (Wildman–Crippen LogP) is 1.22. The van der Waals surface area contributed by atoms with Gasteiger partial charge in [-0.05, 0) is 25.8 Å². The van der Waals surface area contributed by atoms with E-state index in [1.54, 1.807) is 0 Å². The minimum atomic E-state index is 0.476. The van der Waals surface area contributed by atoms with E-state index in [2.05, 4.69) is 11.8 Å². The molecule has 2 heteroatoms. The van der Waals surface area contributed by atoms with Gasteiger partial charge in [0, 0.05) is 6.54 Å². The first-order valence-corrected chi connectivity index (χ1v) is 4.29. The van der Waals surface area contributed by atoms with Gasteiger partial charge in [0.15, 0.2) is 0 Å². The molecule has 0 amide bonds. The first-order valence-electron chi connectivity index (χ1n) is 4.29. The van der Waals surface area contributed by atoms with Crippen molar-refractivity contribution >= 4 is 0 Å². The van der Waals surface area contributed by atoms with Gasteiger partial charge in [0.2, 0.25) is 0 Å². The van der Waals surface area contributed by atoms with Gasteiger partial charge in [-0.25, -0.2) is 0 Å². The normalized spacial score (nSPS) is 40.5. The molecule has 10 heavy (non-hydrogen) atoms. The highest BCUT2D eigenvalue weighted by Crippen LogP contribution is 2.28. The molecule has 2 fully saturated rings. The van der Waals surface area contributed by atoms with Gasteiger partial charge in [0.1, 0.15) is 6.23 Å². The Labute approximate surface area is 62.2 Å². The van der Waals surface area contributed by atoms with E-state index in [-0.39, 0.29) is 0 Å². The van der Waals surface area contributed by atoms with Crippen LogP contribution in [0.15, 0.2) is 0 Å². The highest BCUT2D eigenvalue weighted by Gasteiger charge is 2.34. The Bertz CT molecular complexity index is 126. The molecule has 2 atom stereocenters. The van der Waals surface area contributed by atoms with Gasteiger partial charge in [-0.2, -0.15) is 0 Å². The van der Waals surface area contributed by atoms with Crippen LogP contribution in [-0.4, -0.2) is 30.3 Å². The Morgan fingerprint density at radius 3 is 3.10 bits per heavy atom. The van der Waals surface area contributed by atoms with Crippen LogP contribution < -0.4 is 0 Å². The minimum Gasteiger partial charge on any atom is -0.359 e. The van der Waals surface area contributed by atoms with Gasteiger partial charge in [0.25, 0.3) is 0 Å². The van der Waals surface area contributed by atoms with E-state index in [1.165, 1.54) is 25.8 Å². The lowest BCUT2D eigenvalue weighted by Gasteiger charge is -2.22. The number of nitrogens with zero attached hydrogens (tertiary/aromatic N) is 1. The molecule has 0 N–H and O–H groups in total. The lowest BCUT2D eigenvalue weighted by Crippen LogP contribution is -2.29. The summed E-state index contributed by atoms with van der Waals surface area (Å²) in [4.78, 5) is 2.44. The first kappa shape index (κ1) is 6.62. The number of hydrogen-bond donors (Lipinski definition) is 0. The standard InChI is InChI=1S/C8H15NO/c1-2-9-6-7-4-3-5-8(9)10-7/h7-8H,2-6H2,1H3. The molecule has 0 spiro atoms. The minimum absolute atomic E-state index is 0.476. The van der Waals surface area contributed by atoms with Crippen molar-refractivity contribution in [2.75, 3.05) is 13.1 Å². The average molecular weight is 141 g/mol. The quantitative estimate of drug-likeness (QED) is 0.544. The third-order valence-corrected chi connectivity index (χ3v) is 2.58. The van der Waals surface area contributed by atoms with Crippen LogP contribution in [0.1, 0.15) is 26.2 Å². The Hall–Kier alpha value is -0.0800.